The average molecular weight is 467 g/mol. The van der Waals surface area contributed by atoms with Crippen LogP contribution in [0.5, 0.6) is 0 Å². The van der Waals surface area contributed by atoms with E-state index in [4.69, 9.17) is 5.73 Å². The number of amides is 4. The third kappa shape index (κ3) is 3.41. The fraction of sp³-hybridized carbons (Fsp3) is 0.615. The Balaban J connectivity index is 1.24. The predicted octanol–water partition coefficient (Wildman–Crippen LogP) is 1.85. The van der Waals surface area contributed by atoms with Crippen molar-refractivity contribution in [3.05, 3.63) is 34.9 Å². The number of carbonyl (C=O) groups excluding carboxylic acids is 4. The van der Waals surface area contributed by atoms with Gasteiger partial charge in [-0.15, -0.1) is 0 Å². The summed E-state index contributed by atoms with van der Waals surface area (Å²) in [5, 5.41) is 2.21. The molecule has 0 aromatic heterocycles. The summed E-state index contributed by atoms with van der Waals surface area (Å²) in [4.78, 5) is 52.0. The SMILES string of the molecule is Cc1cc(C2CCN(C3(C)CC34CC4(C)N)CC2)ccc1C(=O)N(C=O)C1CCC(=O)NC1=O. The highest BCUT2D eigenvalue weighted by atomic mass is 16.2. The molecule has 4 aliphatic rings. The molecule has 4 amide bonds. The molecule has 4 unspecified atom stereocenters. The van der Waals surface area contributed by atoms with Gasteiger partial charge >= 0.3 is 0 Å². The number of imide groups is 2. The van der Waals surface area contributed by atoms with Crippen LogP contribution in [0, 0.1) is 12.3 Å². The molecule has 34 heavy (non-hydrogen) atoms. The van der Waals surface area contributed by atoms with Crippen LogP contribution in [0.2, 0.25) is 0 Å². The zero-order valence-electron chi connectivity index (χ0n) is 20.2. The van der Waals surface area contributed by atoms with Gasteiger partial charge in [0.1, 0.15) is 6.04 Å². The van der Waals surface area contributed by atoms with Crippen molar-refractivity contribution in [2.45, 2.75) is 82.3 Å². The van der Waals surface area contributed by atoms with Crippen LogP contribution in [0.15, 0.2) is 18.2 Å². The molecule has 0 radical (unpaired) electrons. The van der Waals surface area contributed by atoms with Crippen molar-refractivity contribution in [1.82, 2.24) is 15.1 Å². The van der Waals surface area contributed by atoms with E-state index in [1.54, 1.807) is 6.07 Å². The Morgan fingerprint density at radius 3 is 2.38 bits per heavy atom. The molecule has 2 saturated heterocycles. The van der Waals surface area contributed by atoms with E-state index in [9.17, 15) is 19.2 Å². The van der Waals surface area contributed by atoms with E-state index in [0.717, 1.165) is 42.8 Å². The number of nitrogens with one attached hydrogen (secondary N) is 1. The van der Waals surface area contributed by atoms with E-state index in [2.05, 4.69) is 24.1 Å². The van der Waals surface area contributed by atoms with Gasteiger partial charge in [0.05, 0.1) is 0 Å². The Morgan fingerprint density at radius 1 is 1.18 bits per heavy atom. The largest absolute Gasteiger partial charge is 0.325 e. The summed E-state index contributed by atoms with van der Waals surface area (Å²) < 4.78 is 0. The molecule has 2 aliphatic heterocycles. The number of aryl methyl sites for hydroxylation is 1. The quantitative estimate of drug-likeness (QED) is 0.506. The van der Waals surface area contributed by atoms with E-state index in [1.165, 1.54) is 12.0 Å². The first kappa shape index (κ1) is 23.2. The minimum Gasteiger partial charge on any atom is -0.325 e. The summed E-state index contributed by atoms with van der Waals surface area (Å²) in [6, 6.07) is 4.83. The van der Waals surface area contributed by atoms with Crippen LogP contribution < -0.4 is 11.1 Å². The number of hydrogen-bond donors (Lipinski definition) is 2. The van der Waals surface area contributed by atoms with Gasteiger partial charge in [0, 0.05) is 28.5 Å². The molecular weight excluding hydrogens is 432 g/mol. The smallest absolute Gasteiger partial charge is 0.261 e. The van der Waals surface area contributed by atoms with Gasteiger partial charge in [-0.1, -0.05) is 12.1 Å². The normalized spacial score (nSPS) is 35.7. The molecule has 5 rings (SSSR count). The van der Waals surface area contributed by atoms with E-state index in [-0.39, 0.29) is 29.8 Å². The van der Waals surface area contributed by atoms with Crippen molar-refractivity contribution in [3.8, 4) is 0 Å². The molecule has 1 aromatic carbocycles. The minimum absolute atomic E-state index is 0.0126. The van der Waals surface area contributed by atoms with Gasteiger partial charge < -0.3 is 5.73 Å². The number of nitrogens with zero attached hydrogens (tertiary/aromatic N) is 2. The highest BCUT2D eigenvalue weighted by Crippen LogP contribution is 2.79. The lowest BCUT2D eigenvalue weighted by atomic mass is 9.86. The lowest BCUT2D eigenvalue weighted by Crippen LogP contribution is -2.53. The van der Waals surface area contributed by atoms with Gasteiger partial charge in [-0.25, -0.2) is 0 Å². The Bertz CT molecular complexity index is 1080. The molecule has 2 aliphatic carbocycles. The van der Waals surface area contributed by atoms with Crippen molar-refractivity contribution in [1.29, 1.82) is 0 Å². The van der Waals surface area contributed by atoms with Crippen molar-refractivity contribution in [3.63, 3.8) is 0 Å². The molecule has 0 bridgehead atoms. The van der Waals surface area contributed by atoms with Crippen LogP contribution in [0.1, 0.15) is 79.8 Å². The summed E-state index contributed by atoms with van der Waals surface area (Å²) in [7, 11) is 0. The van der Waals surface area contributed by atoms with E-state index >= 15 is 0 Å². The lowest BCUT2D eigenvalue weighted by Gasteiger charge is -2.38. The zero-order valence-corrected chi connectivity index (χ0v) is 20.2. The van der Waals surface area contributed by atoms with Gasteiger partial charge in [-0.2, -0.15) is 0 Å². The first-order valence-electron chi connectivity index (χ1n) is 12.3. The van der Waals surface area contributed by atoms with Crippen LogP contribution in [0.4, 0.5) is 0 Å². The van der Waals surface area contributed by atoms with Crippen molar-refractivity contribution in [2.24, 2.45) is 11.1 Å². The molecule has 182 valence electrons. The predicted molar refractivity (Wildman–Crippen MR) is 126 cm³/mol. The number of likely N-dealkylation sites (tertiary alicyclic amines) is 1. The highest BCUT2D eigenvalue weighted by Gasteiger charge is 2.83. The summed E-state index contributed by atoms with van der Waals surface area (Å²) in [5.74, 6) is -1.07. The number of carbonyl (C=O) groups is 4. The third-order valence-corrected chi connectivity index (χ3v) is 9.23. The van der Waals surface area contributed by atoms with Gasteiger partial charge in [0.25, 0.3) is 5.91 Å². The van der Waals surface area contributed by atoms with Gasteiger partial charge in [-0.3, -0.25) is 34.3 Å². The van der Waals surface area contributed by atoms with E-state index < -0.39 is 17.9 Å². The molecule has 3 N–H and O–H groups in total. The maximum Gasteiger partial charge on any atom is 0.261 e. The van der Waals surface area contributed by atoms with Gasteiger partial charge in [-0.05, 0) is 89.1 Å². The number of hydrogen-bond acceptors (Lipinski definition) is 6. The van der Waals surface area contributed by atoms with E-state index in [1.807, 2.05) is 19.1 Å². The molecule has 4 fully saturated rings. The molecule has 8 nitrogen and oxygen atoms in total. The second-order valence-corrected chi connectivity index (χ2v) is 11.2. The Kier molecular flexibility index (Phi) is 5.26. The summed E-state index contributed by atoms with van der Waals surface area (Å²) in [6.07, 6.45) is 5.11. The zero-order chi connectivity index (χ0) is 24.5. The molecule has 4 atom stereocenters. The first-order chi connectivity index (χ1) is 16.0. The Labute approximate surface area is 200 Å². The maximum atomic E-state index is 13.1. The summed E-state index contributed by atoms with van der Waals surface area (Å²) >= 11 is 0. The van der Waals surface area contributed by atoms with Crippen LogP contribution in [-0.4, -0.2) is 64.1 Å². The monoisotopic (exact) mass is 466 g/mol. The number of nitrogens with two attached hydrogens (primary N) is 1. The third-order valence-electron chi connectivity index (χ3n) is 9.23. The fourth-order valence-corrected chi connectivity index (χ4v) is 6.85. The molecule has 1 spiro atoms. The number of piperidine rings is 2. The average Bonchev–Trinajstić information content (AvgIpc) is 3.60. The van der Waals surface area contributed by atoms with Crippen LogP contribution in [-0.2, 0) is 14.4 Å². The standard InChI is InChI=1S/C26H34N4O4/c1-16-12-18(17-8-10-29(11-9-17)25(3)14-26(25)13-24(26,2)27)4-5-19(16)23(34)30(15-31)20-6-7-21(32)28-22(20)33/h4-5,12,15,17,20H,6-11,13-14,27H2,1-3H3,(H,28,32,33). The van der Waals surface area contributed by atoms with Crippen molar-refractivity contribution < 1.29 is 19.2 Å². The van der Waals surface area contributed by atoms with Crippen LogP contribution >= 0.6 is 0 Å². The number of rotatable bonds is 5. The fourth-order valence-electron chi connectivity index (χ4n) is 6.85. The first-order valence-corrected chi connectivity index (χ1v) is 12.3. The highest BCUT2D eigenvalue weighted by molar-refractivity contribution is 6.07. The molecular formula is C26H34N4O4. The Morgan fingerprint density at radius 2 is 1.85 bits per heavy atom. The van der Waals surface area contributed by atoms with Crippen LogP contribution in [0.25, 0.3) is 0 Å². The van der Waals surface area contributed by atoms with Crippen molar-refractivity contribution in [2.75, 3.05) is 13.1 Å². The maximum absolute atomic E-state index is 13.1. The summed E-state index contributed by atoms with van der Waals surface area (Å²) in [5.41, 5.74) is 9.38. The lowest BCUT2D eigenvalue weighted by molar-refractivity contribution is -0.139. The number of benzene rings is 1. The molecule has 2 saturated carbocycles. The Hall–Kier alpha value is -2.58. The van der Waals surface area contributed by atoms with Crippen LogP contribution in [0.3, 0.4) is 0 Å². The summed E-state index contributed by atoms with van der Waals surface area (Å²) in [6.45, 7) is 8.52. The topological polar surface area (TPSA) is 113 Å². The molecule has 1 aromatic rings. The van der Waals surface area contributed by atoms with E-state index in [0.29, 0.717) is 23.3 Å². The van der Waals surface area contributed by atoms with Crippen molar-refractivity contribution >= 4 is 24.1 Å². The minimum atomic E-state index is -0.958. The second kappa shape index (κ2) is 7.71. The molecule has 8 heteroatoms. The van der Waals surface area contributed by atoms with Gasteiger partial charge in [0.2, 0.25) is 18.2 Å². The second-order valence-electron chi connectivity index (χ2n) is 11.2. The van der Waals surface area contributed by atoms with Gasteiger partial charge in [0.15, 0.2) is 0 Å². The molecule has 2 heterocycles.